The molecule has 2 nitrogen and oxygen atoms in total. The highest BCUT2D eigenvalue weighted by Crippen LogP contribution is 2.17. The highest BCUT2D eigenvalue weighted by molar-refractivity contribution is 5.23. The van der Waals surface area contributed by atoms with E-state index in [1.807, 2.05) is 6.92 Å². The summed E-state index contributed by atoms with van der Waals surface area (Å²) < 4.78 is 18.9. The monoisotopic (exact) mass is 225 g/mol. The quantitative estimate of drug-likeness (QED) is 0.720. The Balaban J connectivity index is 2.46. The predicted molar refractivity (Wildman–Crippen MR) is 64.3 cm³/mol. The molecule has 0 saturated heterocycles. The molecule has 1 rings (SSSR count). The van der Waals surface area contributed by atoms with Crippen LogP contribution >= 0.6 is 0 Å². The zero-order valence-corrected chi connectivity index (χ0v) is 10.0. The number of nitrogens with one attached hydrogen (secondary N) is 1. The fourth-order valence-electron chi connectivity index (χ4n) is 1.43. The second-order valence-electron chi connectivity index (χ2n) is 3.78. The maximum atomic E-state index is 13.3. The van der Waals surface area contributed by atoms with Crippen molar-refractivity contribution in [2.75, 3.05) is 13.1 Å². The van der Waals surface area contributed by atoms with Gasteiger partial charge >= 0.3 is 0 Å². The summed E-state index contributed by atoms with van der Waals surface area (Å²) in [6.45, 7) is 5.89. The molecule has 1 aromatic rings. The van der Waals surface area contributed by atoms with Crippen LogP contribution in [0.5, 0.6) is 5.75 Å². The molecular weight excluding hydrogens is 205 g/mol. The third-order valence-electron chi connectivity index (χ3n) is 2.38. The summed E-state index contributed by atoms with van der Waals surface area (Å²) in [6, 6.07) is 6.53. The fraction of sp³-hybridized carbons (Fsp3) is 0.538. The van der Waals surface area contributed by atoms with Crippen molar-refractivity contribution >= 4 is 0 Å². The first-order valence-corrected chi connectivity index (χ1v) is 5.89. The first kappa shape index (κ1) is 13.0. The normalized spacial score (nSPS) is 12.4. The Kier molecular flexibility index (Phi) is 5.86. The van der Waals surface area contributed by atoms with Gasteiger partial charge in [0.25, 0.3) is 0 Å². The molecule has 90 valence electrons. The molecule has 0 aliphatic heterocycles. The van der Waals surface area contributed by atoms with E-state index < -0.39 is 0 Å². The molecule has 0 aromatic heterocycles. The SMILES string of the molecule is CCCNCC(CC)Oc1ccccc1F. The minimum Gasteiger partial charge on any atom is -0.486 e. The molecule has 0 heterocycles. The van der Waals surface area contributed by atoms with Gasteiger partial charge in [-0.3, -0.25) is 0 Å². The molecule has 0 amide bonds. The lowest BCUT2D eigenvalue weighted by molar-refractivity contribution is 0.185. The molecule has 0 bridgehead atoms. The van der Waals surface area contributed by atoms with Crippen molar-refractivity contribution in [3.8, 4) is 5.75 Å². The zero-order valence-electron chi connectivity index (χ0n) is 10.0. The summed E-state index contributed by atoms with van der Waals surface area (Å²) in [5, 5.41) is 3.28. The van der Waals surface area contributed by atoms with E-state index in [4.69, 9.17) is 4.74 Å². The van der Waals surface area contributed by atoms with Gasteiger partial charge in [0.15, 0.2) is 11.6 Å². The van der Waals surface area contributed by atoms with E-state index in [1.54, 1.807) is 18.2 Å². The van der Waals surface area contributed by atoms with Gasteiger partial charge in [0.1, 0.15) is 6.10 Å². The van der Waals surface area contributed by atoms with Crippen molar-refractivity contribution in [2.45, 2.75) is 32.8 Å². The van der Waals surface area contributed by atoms with Crippen LogP contribution in [0.1, 0.15) is 26.7 Å². The Bertz CT molecular complexity index is 304. The molecule has 0 radical (unpaired) electrons. The lowest BCUT2D eigenvalue weighted by Gasteiger charge is -2.18. The van der Waals surface area contributed by atoms with Crippen molar-refractivity contribution in [3.63, 3.8) is 0 Å². The molecule has 0 saturated carbocycles. The number of hydrogen-bond acceptors (Lipinski definition) is 2. The van der Waals surface area contributed by atoms with Gasteiger partial charge in [-0.2, -0.15) is 0 Å². The molecule has 0 spiro atoms. The molecule has 1 N–H and O–H groups in total. The van der Waals surface area contributed by atoms with Gasteiger partial charge in [0, 0.05) is 6.54 Å². The van der Waals surface area contributed by atoms with Crippen LogP contribution < -0.4 is 10.1 Å². The molecule has 0 fully saturated rings. The molecule has 16 heavy (non-hydrogen) atoms. The number of para-hydroxylation sites is 1. The first-order valence-electron chi connectivity index (χ1n) is 5.89. The summed E-state index contributed by atoms with van der Waals surface area (Å²) in [4.78, 5) is 0. The van der Waals surface area contributed by atoms with Crippen LogP contribution in [0.25, 0.3) is 0 Å². The van der Waals surface area contributed by atoms with Crippen LogP contribution in [0, 0.1) is 5.82 Å². The summed E-state index contributed by atoms with van der Waals surface area (Å²) in [6.07, 6.45) is 1.99. The standard InChI is InChI=1S/C13H20FNO/c1-3-9-15-10-11(4-2)16-13-8-6-5-7-12(13)14/h5-8,11,15H,3-4,9-10H2,1-2H3. The van der Waals surface area contributed by atoms with Gasteiger partial charge in [-0.25, -0.2) is 4.39 Å². The Hall–Kier alpha value is -1.09. The number of benzene rings is 1. The Morgan fingerprint density at radius 1 is 1.31 bits per heavy atom. The highest BCUT2D eigenvalue weighted by atomic mass is 19.1. The van der Waals surface area contributed by atoms with Gasteiger partial charge in [-0.15, -0.1) is 0 Å². The fourth-order valence-corrected chi connectivity index (χ4v) is 1.43. The third kappa shape index (κ3) is 4.19. The lowest BCUT2D eigenvalue weighted by atomic mass is 10.2. The average Bonchev–Trinajstić information content (AvgIpc) is 2.30. The van der Waals surface area contributed by atoms with Gasteiger partial charge in [0.05, 0.1) is 0 Å². The summed E-state index contributed by atoms with van der Waals surface area (Å²) >= 11 is 0. The van der Waals surface area contributed by atoms with E-state index in [9.17, 15) is 4.39 Å². The Labute approximate surface area is 96.8 Å². The lowest BCUT2D eigenvalue weighted by Crippen LogP contribution is -2.31. The molecule has 1 unspecified atom stereocenters. The largest absolute Gasteiger partial charge is 0.486 e. The van der Waals surface area contributed by atoms with Gasteiger partial charge in [-0.05, 0) is 31.5 Å². The van der Waals surface area contributed by atoms with E-state index in [0.29, 0.717) is 5.75 Å². The van der Waals surface area contributed by atoms with E-state index in [-0.39, 0.29) is 11.9 Å². The molecule has 3 heteroatoms. The summed E-state index contributed by atoms with van der Waals surface area (Å²) in [5.41, 5.74) is 0. The van der Waals surface area contributed by atoms with Crippen LogP contribution in [0.2, 0.25) is 0 Å². The topological polar surface area (TPSA) is 21.3 Å². The Morgan fingerprint density at radius 3 is 2.69 bits per heavy atom. The zero-order chi connectivity index (χ0) is 11.8. The number of rotatable bonds is 7. The minimum atomic E-state index is -0.295. The van der Waals surface area contributed by atoms with E-state index in [0.717, 1.165) is 25.9 Å². The molecule has 1 atom stereocenters. The number of ether oxygens (including phenoxy) is 1. The molecule has 1 aromatic carbocycles. The van der Waals surface area contributed by atoms with Crippen molar-refractivity contribution in [1.82, 2.24) is 5.32 Å². The second kappa shape index (κ2) is 7.23. The van der Waals surface area contributed by atoms with Gasteiger partial charge in [-0.1, -0.05) is 26.0 Å². The van der Waals surface area contributed by atoms with Crippen LogP contribution in [0.3, 0.4) is 0 Å². The average molecular weight is 225 g/mol. The predicted octanol–water partition coefficient (Wildman–Crippen LogP) is 2.98. The second-order valence-corrected chi connectivity index (χ2v) is 3.78. The number of hydrogen-bond donors (Lipinski definition) is 1. The van der Waals surface area contributed by atoms with E-state index >= 15 is 0 Å². The van der Waals surface area contributed by atoms with E-state index in [2.05, 4.69) is 12.2 Å². The molecule has 0 aliphatic carbocycles. The maximum Gasteiger partial charge on any atom is 0.165 e. The molecule has 0 aliphatic rings. The van der Waals surface area contributed by atoms with Crippen LogP contribution in [0.15, 0.2) is 24.3 Å². The minimum absolute atomic E-state index is 0.0310. The summed E-state index contributed by atoms with van der Waals surface area (Å²) in [7, 11) is 0. The third-order valence-corrected chi connectivity index (χ3v) is 2.38. The summed E-state index contributed by atoms with van der Waals surface area (Å²) in [5.74, 6) is 0.0455. The smallest absolute Gasteiger partial charge is 0.165 e. The maximum absolute atomic E-state index is 13.3. The Morgan fingerprint density at radius 2 is 2.06 bits per heavy atom. The number of halogens is 1. The van der Waals surface area contributed by atoms with Gasteiger partial charge in [0.2, 0.25) is 0 Å². The van der Waals surface area contributed by atoms with Crippen molar-refractivity contribution < 1.29 is 9.13 Å². The van der Waals surface area contributed by atoms with Gasteiger partial charge < -0.3 is 10.1 Å². The van der Waals surface area contributed by atoms with Crippen molar-refractivity contribution in [3.05, 3.63) is 30.1 Å². The molecular formula is C13H20FNO. The first-order chi connectivity index (χ1) is 7.77. The van der Waals surface area contributed by atoms with Crippen molar-refractivity contribution in [2.24, 2.45) is 0 Å². The van der Waals surface area contributed by atoms with Crippen molar-refractivity contribution in [1.29, 1.82) is 0 Å². The van der Waals surface area contributed by atoms with E-state index in [1.165, 1.54) is 6.07 Å². The highest BCUT2D eigenvalue weighted by Gasteiger charge is 2.10. The van der Waals surface area contributed by atoms with Crippen LogP contribution in [0.4, 0.5) is 4.39 Å². The van der Waals surface area contributed by atoms with Crippen LogP contribution in [-0.2, 0) is 0 Å². The van der Waals surface area contributed by atoms with Crippen LogP contribution in [-0.4, -0.2) is 19.2 Å².